The summed E-state index contributed by atoms with van der Waals surface area (Å²) in [5.41, 5.74) is 0.824. The fourth-order valence-electron chi connectivity index (χ4n) is 1.62. The molecular weight excluding hydrogens is 353 g/mol. The summed E-state index contributed by atoms with van der Waals surface area (Å²) in [6.07, 6.45) is 1.58. The first-order valence-corrected chi connectivity index (χ1v) is 7.06. The van der Waals surface area contributed by atoms with Gasteiger partial charge in [-0.05, 0) is 35.0 Å². The number of amides is 1. The number of rotatable bonds is 3. The van der Waals surface area contributed by atoms with E-state index in [9.17, 15) is 4.79 Å². The van der Waals surface area contributed by atoms with Crippen LogP contribution in [0.1, 0.15) is 17.4 Å². The van der Waals surface area contributed by atoms with Gasteiger partial charge in [0.25, 0.3) is 5.91 Å². The quantitative estimate of drug-likeness (QED) is 0.888. The molecule has 0 atom stereocenters. The van der Waals surface area contributed by atoms with E-state index in [4.69, 9.17) is 23.2 Å². The molecule has 2 aromatic rings. The Morgan fingerprint density at radius 3 is 2.63 bits per heavy atom. The summed E-state index contributed by atoms with van der Waals surface area (Å²) in [7, 11) is 0. The predicted molar refractivity (Wildman–Crippen MR) is 80.0 cm³/mol. The van der Waals surface area contributed by atoms with E-state index in [1.54, 1.807) is 29.1 Å². The van der Waals surface area contributed by atoms with Crippen LogP contribution < -0.4 is 5.32 Å². The molecule has 0 aliphatic heterocycles. The van der Waals surface area contributed by atoms with Gasteiger partial charge in [-0.2, -0.15) is 5.10 Å². The maximum Gasteiger partial charge on any atom is 0.275 e. The molecular formula is C12H10BrCl2N3O. The minimum absolute atomic E-state index is 0.318. The number of halogens is 3. The van der Waals surface area contributed by atoms with Crippen LogP contribution in [0.4, 0.5) is 5.69 Å². The van der Waals surface area contributed by atoms with E-state index in [2.05, 4.69) is 26.3 Å². The average molecular weight is 363 g/mol. The highest BCUT2D eigenvalue weighted by Gasteiger charge is 2.18. The van der Waals surface area contributed by atoms with Crippen molar-refractivity contribution in [2.45, 2.75) is 13.5 Å². The number of para-hydroxylation sites is 1. The van der Waals surface area contributed by atoms with Crippen LogP contribution in [0.2, 0.25) is 10.0 Å². The molecule has 2 rings (SSSR count). The number of nitrogens with one attached hydrogen (secondary N) is 1. The van der Waals surface area contributed by atoms with Gasteiger partial charge >= 0.3 is 0 Å². The highest BCUT2D eigenvalue weighted by Crippen LogP contribution is 2.30. The second-order valence-electron chi connectivity index (χ2n) is 3.71. The first kappa shape index (κ1) is 14.4. The molecule has 19 heavy (non-hydrogen) atoms. The van der Waals surface area contributed by atoms with Crippen LogP contribution in [0.15, 0.2) is 28.9 Å². The topological polar surface area (TPSA) is 46.9 Å². The normalized spacial score (nSPS) is 10.5. The number of carbonyl (C=O) groups is 1. The van der Waals surface area contributed by atoms with Crippen molar-refractivity contribution in [2.75, 3.05) is 5.32 Å². The van der Waals surface area contributed by atoms with Gasteiger partial charge in [0.05, 0.1) is 26.4 Å². The van der Waals surface area contributed by atoms with E-state index in [0.29, 0.717) is 32.4 Å². The monoisotopic (exact) mass is 361 g/mol. The van der Waals surface area contributed by atoms with Gasteiger partial charge in [-0.25, -0.2) is 0 Å². The van der Waals surface area contributed by atoms with Gasteiger partial charge in [-0.15, -0.1) is 0 Å². The summed E-state index contributed by atoms with van der Waals surface area (Å²) in [6, 6.07) is 5.04. The molecule has 1 amide bonds. The third-order valence-corrected chi connectivity index (χ3v) is 3.72. The molecule has 100 valence electrons. The van der Waals surface area contributed by atoms with Gasteiger partial charge in [-0.3, -0.25) is 9.48 Å². The first-order chi connectivity index (χ1) is 9.04. The van der Waals surface area contributed by atoms with Gasteiger partial charge in [0.15, 0.2) is 0 Å². The summed E-state index contributed by atoms with van der Waals surface area (Å²) in [5.74, 6) is -0.318. The van der Waals surface area contributed by atoms with E-state index in [-0.39, 0.29) is 5.91 Å². The molecule has 0 saturated heterocycles. The molecule has 0 fully saturated rings. The van der Waals surface area contributed by atoms with E-state index in [1.807, 2.05) is 6.92 Å². The molecule has 0 spiro atoms. The number of aromatic nitrogens is 2. The largest absolute Gasteiger partial charge is 0.318 e. The van der Waals surface area contributed by atoms with Crippen molar-refractivity contribution in [1.82, 2.24) is 9.78 Å². The zero-order valence-corrected chi connectivity index (χ0v) is 13.1. The first-order valence-electron chi connectivity index (χ1n) is 5.51. The Bertz CT molecular complexity index is 607. The molecule has 0 aliphatic rings. The molecule has 0 unspecified atom stereocenters. The Balaban J connectivity index is 2.34. The van der Waals surface area contributed by atoms with Crippen molar-refractivity contribution in [3.63, 3.8) is 0 Å². The van der Waals surface area contributed by atoms with Crippen LogP contribution >= 0.6 is 39.1 Å². The smallest absolute Gasteiger partial charge is 0.275 e. The second kappa shape index (κ2) is 5.94. The predicted octanol–water partition coefficient (Wildman–Crippen LogP) is 4.22. The number of nitrogens with zero attached hydrogens (tertiary/aromatic N) is 2. The lowest BCUT2D eigenvalue weighted by molar-refractivity contribution is 0.101. The minimum Gasteiger partial charge on any atom is -0.318 e. The van der Waals surface area contributed by atoms with Crippen molar-refractivity contribution < 1.29 is 4.79 Å². The summed E-state index contributed by atoms with van der Waals surface area (Å²) in [5, 5.41) is 7.56. The number of hydrogen-bond donors (Lipinski definition) is 1. The highest BCUT2D eigenvalue weighted by atomic mass is 79.9. The zero-order chi connectivity index (χ0) is 14.0. The molecule has 0 aliphatic carbocycles. The van der Waals surface area contributed by atoms with E-state index < -0.39 is 0 Å². The van der Waals surface area contributed by atoms with Gasteiger partial charge in [0, 0.05) is 6.54 Å². The van der Waals surface area contributed by atoms with E-state index in [1.165, 1.54) is 0 Å². The molecule has 7 heteroatoms. The summed E-state index contributed by atoms with van der Waals surface area (Å²) < 4.78 is 2.21. The molecule has 1 aromatic heterocycles. The molecule has 4 nitrogen and oxygen atoms in total. The summed E-state index contributed by atoms with van der Waals surface area (Å²) in [6.45, 7) is 2.49. The third kappa shape index (κ3) is 2.94. The Morgan fingerprint density at radius 1 is 1.42 bits per heavy atom. The average Bonchev–Trinajstić information content (AvgIpc) is 2.75. The van der Waals surface area contributed by atoms with Crippen LogP contribution in [0.25, 0.3) is 0 Å². The van der Waals surface area contributed by atoms with Crippen molar-refractivity contribution >= 4 is 50.7 Å². The molecule has 1 aromatic carbocycles. The maximum absolute atomic E-state index is 12.3. The number of anilines is 1. The fourth-order valence-corrected chi connectivity index (χ4v) is 2.59. The number of aryl methyl sites for hydroxylation is 1. The lowest BCUT2D eigenvalue weighted by Gasteiger charge is -2.10. The lowest BCUT2D eigenvalue weighted by Crippen LogP contribution is -2.18. The SMILES string of the molecule is CCn1ncc(Br)c1C(=O)Nc1c(Cl)cccc1Cl. The Morgan fingerprint density at radius 2 is 2.05 bits per heavy atom. The third-order valence-electron chi connectivity index (χ3n) is 2.51. The van der Waals surface area contributed by atoms with Crippen LogP contribution in [0.5, 0.6) is 0 Å². The molecule has 1 N–H and O–H groups in total. The maximum atomic E-state index is 12.3. The fraction of sp³-hybridized carbons (Fsp3) is 0.167. The number of benzene rings is 1. The Kier molecular flexibility index (Phi) is 4.50. The van der Waals surface area contributed by atoms with Crippen LogP contribution in [0, 0.1) is 0 Å². The zero-order valence-electron chi connectivity index (χ0n) is 9.95. The second-order valence-corrected chi connectivity index (χ2v) is 5.38. The van der Waals surface area contributed by atoms with Gasteiger partial charge in [-0.1, -0.05) is 29.3 Å². The molecule has 0 bridgehead atoms. The van der Waals surface area contributed by atoms with Crippen LogP contribution in [-0.2, 0) is 6.54 Å². The molecule has 1 heterocycles. The van der Waals surface area contributed by atoms with Crippen LogP contribution in [0.3, 0.4) is 0 Å². The standard InChI is InChI=1S/C12H10BrCl2N3O/c1-2-18-11(7(13)6-16-18)12(19)17-10-8(14)4-3-5-9(10)15/h3-6H,2H2,1H3,(H,17,19). The van der Waals surface area contributed by atoms with E-state index in [0.717, 1.165) is 0 Å². The van der Waals surface area contributed by atoms with Crippen molar-refractivity contribution in [3.05, 3.63) is 44.6 Å². The van der Waals surface area contributed by atoms with Crippen molar-refractivity contribution in [2.24, 2.45) is 0 Å². The van der Waals surface area contributed by atoms with E-state index >= 15 is 0 Å². The minimum atomic E-state index is -0.318. The van der Waals surface area contributed by atoms with Gasteiger partial charge in [0.1, 0.15) is 5.69 Å². The molecule has 0 saturated carbocycles. The Hall–Kier alpha value is -1.04. The summed E-state index contributed by atoms with van der Waals surface area (Å²) >= 11 is 15.3. The van der Waals surface area contributed by atoms with Crippen molar-refractivity contribution in [3.8, 4) is 0 Å². The number of hydrogen-bond acceptors (Lipinski definition) is 2. The van der Waals surface area contributed by atoms with Crippen LogP contribution in [-0.4, -0.2) is 15.7 Å². The Labute approximate surface area is 128 Å². The van der Waals surface area contributed by atoms with Gasteiger partial charge in [0.2, 0.25) is 0 Å². The van der Waals surface area contributed by atoms with Crippen molar-refractivity contribution in [1.29, 1.82) is 0 Å². The summed E-state index contributed by atoms with van der Waals surface area (Å²) in [4.78, 5) is 12.3. The molecule has 0 radical (unpaired) electrons. The lowest BCUT2D eigenvalue weighted by atomic mass is 10.3. The number of carbonyl (C=O) groups excluding carboxylic acids is 1. The van der Waals surface area contributed by atoms with Gasteiger partial charge < -0.3 is 5.32 Å². The highest BCUT2D eigenvalue weighted by molar-refractivity contribution is 9.10.